The highest BCUT2D eigenvalue weighted by atomic mass is 16.5. The maximum Gasteiger partial charge on any atom is 0.233 e. The minimum Gasteiger partial charge on any atom is -0.480 e. The second-order valence-corrected chi connectivity index (χ2v) is 3.87. The predicted molar refractivity (Wildman–Crippen MR) is 69.4 cm³/mol. The average Bonchev–Trinajstić information content (AvgIpc) is 2.39. The largest absolute Gasteiger partial charge is 0.480 e. The number of methoxy groups -OCH3 is 1. The minimum absolute atomic E-state index is 0.444. The quantitative estimate of drug-likeness (QED) is 0.778. The van der Waals surface area contributed by atoms with Gasteiger partial charge in [-0.25, -0.2) is 0 Å². The van der Waals surface area contributed by atoms with Crippen molar-refractivity contribution in [3.63, 3.8) is 0 Å². The van der Waals surface area contributed by atoms with Crippen LogP contribution in [0.25, 0.3) is 0 Å². The smallest absolute Gasteiger partial charge is 0.233 e. The lowest BCUT2D eigenvalue weighted by Crippen LogP contribution is -2.39. The van der Waals surface area contributed by atoms with Gasteiger partial charge in [0.25, 0.3) is 0 Å². The molecule has 0 fully saturated rings. The van der Waals surface area contributed by atoms with Crippen LogP contribution in [0.4, 0.5) is 5.82 Å². The van der Waals surface area contributed by atoms with E-state index in [9.17, 15) is 0 Å². The molecule has 0 aliphatic carbocycles. The zero-order valence-electron chi connectivity index (χ0n) is 10.9. The molecule has 1 aromatic rings. The van der Waals surface area contributed by atoms with Crippen molar-refractivity contribution < 1.29 is 4.74 Å². The molecule has 1 rings (SSSR count). The fourth-order valence-corrected chi connectivity index (χ4v) is 1.93. The Kier molecular flexibility index (Phi) is 5.69. The summed E-state index contributed by atoms with van der Waals surface area (Å²) in [6, 6.07) is 0.444. The van der Waals surface area contributed by atoms with Crippen LogP contribution in [0, 0.1) is 0 Å². The van der Waals surface area contributed by atoms with Crippen molar-refractivity contribution in [2.24, 2.45) is 5.73 Å². The van der Waals surface area contributed by atoms with Crippen LogP contribution in [0.1, 0.15) is 26.7 Å². The Morgan fingerprint density at radius 1 is 1.35 bits per heavy atom. The van der Waals surface area contributed by atoms with Crippen molar-refractivity contribution >= 4 is 5.82 Å². The van der Waals surface area contributed by atoms with Crippen molar-refractivity contribution in [2.75, 3.05) is 25.1 Å². The molecule has 0 atom stereocenters. The van der Waals surface area contributed by atoms with E-state index in [-0.39, 0.29) is 0 Å². The molecule has 0 radical (unpaired) electrons. The molecular formula is C12H22N4O. The summed E-state index contributed by atoms with van der Waals surface area (Å²) in [5.41, 5.74) is 5.66. The predicted octanol–water partition coefficient (Wildman–Crippen LogP) is 1.44. The molecule has 0 saturated heterocycles. The second kappa shape index (κ2) is 7.06. The number of rotatable bonds is 7. The number of aromatic nitrogens is 2. The van der Waals surface area contributed by atoms with Gasteiger partial charge < -0.3 is 15.4 Å². The van der Waals surface area contributed by atoms with Gasteiger partial charge in [-0.3, -0.25) is 4.98 Å². The van der Waals surface area contributed by atoms with E-state index in [1.54, 1.807) is 19.5 Å². The van der Waals surface area contributed by atoms with E-state index in [1.807, 2.05) is 0 Å². The highest BCUT2D eigenvalue weighted by Crippen LogP contribution is 2.19. The highest BCUT2D eigenvalue weighted by molar-refractivity contribution is 5.39. The number of nitrogens with zero attached hydrogens (tertiary/aromatic N) is 3. The zero-order chi connectivity index (χ0) is 12.7. The van der Waals surface area contributed by atoms with Crippen LogP contribution < -0.4 is 15.4 Å². The molecule has 0 spiro atoms. The van der Waals surface area contributed by atoms with Crippen LogP contribution in [-0.2, 0) is 0 Å². The maximum atomic E-state index is 5.66. The summed E-state index contributed by atoms with van der Waals surface area (Å²) in [5.74, 6) is 1.37. The van der Waals surface area contributed by atoms with Gasteiger partial charge in [0.15, 0.2) is 5.82 Å². The van der Waals surface area contributed by atoms with Gasteiger partial charge in [0.05, 0.1) is 19.5 Å². The van der Waals surface area contributed by atoms with E-state index in [4.69, 9.17) is 10.5 Å². The Hall–Kier alpha value is -1.36. The number of ether oxygens (including phenoxy) is 1. The van der Waals surface area contributed by atoms with E-state index in [0.717, 1.165) is 25.2 Å². The summed E-state index contributed by atoms with van der Waals surface area (Å²) in [5, 5.41) is 0. The van der Waals surface area contributed by atoms with Crippen molar-refractivity contribution in [3.05, 3.63) is 12.4 Å². The molecule has 1 heterocycles. The van der Waals surface area contributed by atoms with E-state index in [1.165, 1.54) is 0 Å². The molecule has 0 saturated carbocycles. The molecule has 5 heteroatoms. The van der Waals surface area contributed by atoms with E-state index in [0.29, 0.717) is 18.5 Å². The number of hydrogen-bond donors (Lipinski definition) is 1. The summed E-state index contributed by atoms with van der Waals surface area (Å²) < 4.78 is 5.10. The topological polar surface area (TPSA) is 64.3 Å². The third-order valence-electron chi connectivity index (χ3n) is 2.86. The van der Waals surface area contributed by atoms with Gasteiger partial charge in [0.2, 0.25) is 5.88 Å². The van der Waals surface area contributed by atoms with Crippen molar-refractivity contribution in [3.8, 4) is 5.88 Å². The molecule has 0 unspecified atom stereocenters. The molecule has 96 valence electrons. The van der Waals surface area contributed by atoms with Crippen LogP contribution in [0.2, 0.25) is 0 Å². The Morgan fingerprint density at radius 2 is 2.06 bits per heavy atom. The normalized spacial score (nSPS) is 10.6. The molecule has 0 aliphatic heterocycles. The molecule has 1 aromatic heterocycles. The third-order valence-corrected chi connectivity index (χ3v) is 2.86. The first kappa shape index (κ1) is 13.7. The summed E-state index contributed by atoms with van der Waals surface area (Å²) in [7, 11) is 1.60. The molecule has 0 bridgehead atoms. The van der Waals surface area contributed by atoms with Gasteiger partial charge in [-0.05, 0) is 12.8 Å². The van der Waals surface area contributed by atoms with Crippen LogP contribution >= 0.6 is 0 Å². The third kappa shape index (κ3) is 3.56. The highest BCUT2D eigenvalue weighted by Gasteiger charge is 2.16. The first-order chi connectivity index (χ1) is 8.26. The van der Waals surface area contributed by atoms with Gasteiger partial charge in [-0.1, -0.05) is 13.8 Å². The fourth-order valence-electron chi connectivity index (χ4n) is 1.93. The molecule has 0 amide bonds. The molecule has 2 N–H and O–H groups in total. The molecule has 0 aromatic carbocycles. The molecule has 0 aliphatic rings. The Bertz CT molecular complexity index is 328. The fraction of sp³-hybridized carbons (Fsp3) is 0.667. The molecular weight excluding hydrogens is 216 g/mol. The van der Waals surface area contributed by atoms with Crippen LogP contribution in [0.15, 0.2) is 12.4 Å². The summed E-state index contributed by atoms with van der Waals surface area (Å²) in [4.78, 5) is 10.8. The molecule has 17 heavy (non-hydrogen) atoms. The lowest BCUT2D eigenvalue weighted by atomic mass is 10.1. The van der Waals surface area contributed by atoms with Gasteiger partial charge in [-0.2, -0.15) is 4.98 Å². The lowest BCUT2D eigenvalue weighted by molar-refractivity contribution is 0.394. The lowest BCUT2D eigenvalue weighted by Gasteiger charge is -2.31. The average molecular weight is 238 g/mol. The summed E-state index contributed by atoms with van der Waals surface area (Å²) in [6.07, 6.45) is 5.50. The van der Waals surface area contributed by atoms with Gasteiger partial charge in [0.1, 0.15) is 0 Å². The Morgan fingerprint density at radius 3 is 2.59 bits per heavy atom. The summed E-state index contributed by atoms with van der Waals surface area (Å²) >= 11 is 0. The van der Waals surface area contributed by atoms with Crippen molar-refractivity contribution in [1.82, 2.24) is 9.97 Å². The van der Waals surface area contributed by atoms with Crippen LogP contribution in [0.5, 0.6) is 5.88 Å². The van der Waals surface area contributed by atoms with Crippen molar-refractivity contribution in [1.29, 1.82) is 0 Å². The van der Waals surface area contributed by atoms with Crippen LogP contribution in [0.3, 0.4) is 0 Å². The first-order valence-corrected chi connectivity index (χ1v) is 6.09. The molecule has 5 nitrogen and oxygen atoms in total. The first-order valence-electron chi connectivity index (χ1n) is 6.09. The van der Waals surface area contributed by atoms with Gasteiger partial charge >= 0.3 is 0 Å². The SMILES string of the molecule is CCC(CC)N(CCN)c1cncc(OC)n1. The minimum atomic E-state index is 0.444. The number of hydrogen-bond acceptors (Lipinski definition) is 5. The monoisotopic (exact) mass is 238 g/mol. The van der Waals surface area contributed by atoms with Crippen LogP contribution in [-0.4, -0.2) is 36.2 Å². The zero-order valence-corrected chi connectivity index (χ0v) is 10.9. The number of nitrogens with two attached hydrogens (primary N) is 1. The van der Waals surface area contributed by atoms with E-state index >= 15 is 0 Å². The summed E-state index contributed by atoms with van der Waals surface area (Å²) in [6.45, 7) is 5.74. The maximum absolute atomic E-state index is 5.66. The van der Waals surface area contributed by atoms with Gasteiger partial charge in [0, 0.05) is 19.1 Å². The second-order valence-electron chi connectivity index (χ2n) is 3.87. The number of anilines is 1. The van der Waals surface area contributed by atoms with Crippen molar-refractivity contribution in [2.45, 2.75) is 32.7 Å². The van der Waals surface area contributed by atoms with E-state index < -0.39 is 0 Å². The Balaban J connectivity index is 2.94. The van der Waals surface area contributed by atoms with Gasteiger partial charge in [-0.15, -0.1) is 0 Å². The standard InChI is InChI=1S/C12H22N4O/c1-4-10(5-2)16(7-6-13)11-8-14-9-12(15-11)17-3/h8-10H,4-7,13H2,1-3H3. The Labute approximate surface area is 103 Å². The van der Waals surface area contributed by atoms with E-state index in [2.05, 4.69) is 28.7 Å².